The van der Waals surface area contributed by atoms with Crippen LogP contribution in [0.2, 0.25) is 0 Å². The molecule has 1 fully saturated rings. The lowest BCUT2D eigenvalue weighted by Crippen LogP contribution is -2.48. The molecule has 0 unspecified atom stereocenters. The van der Waals surface area contributed by atoms with E-state index in [1.54, 1.807) is 12.1 Å². The summed E-state index contributed by atoms with van der Waals surface area (Å²) in [5.41, 5.74) is 0.587. The molecule has 2 rings (SSSR count). The third kappa shape index (κ3) is 5.51. The van der Waals surface area contributed by atoms with Crippen molar-refractivity contribution in [2.45, 2.75) is 25.3 Å². The standard InChI is InChI=1S/C15H20FN3O2/c16-12-4-1-3-11(7-12)8-14(20)18-10-15(21)19-13-5-2-6-17-9-13/h1,3-4,7,13,17H,2,5-6,8-10H2,(H,18,20)(H,19,21)/t13-/m0/s1. The maximum Gasteiger partial charge on any atom is 0.239 e. The highest BCUT2D eigenvalue weighted by Crippen LogP contribution is 2.04. The van der Waals surface area contributed by atoms with E-state index in [9.17, 15) is 14.0 Å². The van der Waals surface area contributed by atoms with E-state index < -0.39 is 0 Å². The van der Waals surface area contributed by atoms with Crippen molar-refractivity contribution in [3.63, 3.8) is 0 Å². The van der Waals surface area contributed by atoms with E-state index in [1.807, 2.05) is 0 Å². The van der Waals surface area contributed by atoms with Crippen LogP contribution in [-0.4, -0.2) is 37.5 Å². The van der Waals surface area contributed by atoms with E-state index in [2.05, 4.69) is 16.0 Å². The van der Waals surface area contributed by atoms with Gasteiger partial charge in [-0.1, -0.05) is 12.1 Å². The number of hydrogen-bond donors (Lipinski definition) is 3. The molecule has 1 aromatic rings. The molecule has 1 aromatic carbocycles. The second-order valence-electron chi connectivity index (χ2n) is 5.19. The van der Waals surface area contributed by atoms with Gasteiger partial charge in [-0.05, 0) is 37.1 Å². The van der Waals surface area contributed by atoms with Crippen LogP contribution in [0.1, 0.15) is 18.4 Å². The summed E-state index contributed by atoms with van der Waals surface area (Å²) in [5.74, 6) is -0.864. The lowest BCUT2D eigenvalue weighted by molar-refractivity contribution is -0.126. The van der Waals surface area contributed by atoms with Crippen LogP contribution in [0.5, 0.6) is 0 Å². The summed E-state index contributed by atoms with van der Waals surface area (Å²) in [4.78, 5) is 23.4. The average Bonchev–Trinajstić information content (AvgIpc) is 2.46. The van der Waals surface area contributed by atoms with E-state index in [0.29, 0.717) is 5.56 Å². The van der Waals surface area contributed by atoms with Crippen molar-refractivity contribution >= 4 is 11.8 Å². The Morgan fingerprint density at radius 1 is 1.33 bits per heavy atom. The number of piperidine rings is 1. The maximum absolute atomic E-state index is 13.0. The molecular formula is C15H20FN3O2. The number of halogens is 1. The first kappa shape index (κ1) is 15.4. The molecule has 3 N–H and O–H groups in total. The molecule has 0 aromatic heterocycles. The second-order valence-corrected chi connectivity index (χ2v) is 5.19. The first-order valence-corrected chi connectivity index (χ1v) is 7.15. The molecule has 6 heteroatoms. The van der Waals surface area contributed by atoms with Crippen LogP contribution in [0.25, 0.3) is 0 Å². The summed E-state index contributed by atoms with van der Waals surface area (Å²) in [6, 6.07) is 6.00. The summed E-state index contributed by atoms with van der Waals surface area (Å²) in [5, 5.41) is 8.62. The molecule has 0 aliphatic carbocycles. The monoisotopic (exact) mass is 293 g/mol. The van der Waals surface area contributed by atoms with Crippen molar-refractivity contribution in [3.05, 3.63) is 35.6 Å². The van der Waals surface area contributed by atoms with Crippen LogP contribution in [0.3, 0.4) is 0 Å². The number of carbonyl (C=O) groups is 2. The molecule has 1 atom stereocenters. The van der Waals surface area contributed by atoms with Gasteiger partial charge in [0, 0.05) is 12.6 Å². The normalized spacial score (nSPS) is 18.0. The zero-order valence-electron chi connectivity index (χ0n) is 11.8. The van der Waals surface area contributed by atoms with E-state index in [-0.39, 0.29) is 36.6 Å². The molecular weight excluding hydrogens is 273 g/mol. The fourth-order valence-electron chi connectivity index (χ4n) is 2.33. The average molecular weight is 293 g/mol. The van der Waals surface area contributed by atoms with Gasteiger partial charge in [0.1, 0.15) is 5.82 Å². The van der Waals surface area contributed by atoms with Gasteiger partial charge in [0.05, 0.1) is 13.0 Å². The molecule has 114 valence electrons. The number of nitrogens with one attached hydrogen (secondary N) is 3. The Kier molecular flexibility index (Phi) is 5.68. The fourth-order valence-corrected chi connectivity index (χ4v) is 2.33. The van der Waals surface area contributed by atoms with Crippen molar-refractivity contribution in [3.8, 4) is 0 Å². The molecule has 0 spiro atoms. The molecule has 1 heterocycles. The Balaban J connectivity index is 1.69. The predicted octanol–water partition coefficient (Wildman–Crippen LogP) is 0.353. The van der Waals surface area contributed by atoms with E-state index >= 15 is 0 Å². The highest BCUT2D eigenvalue weighted by atomic mass is 19.1. The minimum atomic E-state index is -0.372. The van der Waals surface area contributed by atoms with Gasteiger partial charge in [-0.25, -0.2) is 4.39 Å². The molecule has 1 aliphatic rings. The topological polar surface area (TPSA) is 70.2 Å². The lowest BCUT2D eigenvalue weighted by Gasteiger charge is -2.23. The highest BCUT2D eigenvalue weighted by Gasteiger charge is 2.15. The van der Waals surface area contributed by atoms with Gasteiger partial charge < -0.3 is 16.0 Å². The number of benzene rings is 1. The summed E-state index contributed by atoms with van der Waals surface area (Å²) in [7, 11) is 0. The largest absolute Gasteiger partial charge is 0.351 e. The van der Waals surface area contributed by atoms with Gasteiger partial charge in [-0.15, -0.1) is 0 Å². The Hall–Kier alpha value is -1.95. The van der Waals surface area contributed by atoms with Crippen molar-refractivity contribution in [2.75, 3.05) is 19.6 Å². The number of carbonyl (C=O) groups excluding carboxylic acids is 2. The smallest absolute Gasteiger partial charge is 0.239 e. The minimum absolute atomic E-state index is 0.0509. The van der Waals surface area contributed by atoms with Gasteiger partial charge in [0.25, 0.3) is 0 Å². The molecule has 5 nitrogen and oxygen atoms in total. The van der Waals surface area contributed by atoms with Crippen LogP contribution in [0.15, 0.2) is 24.3 Å². The van der Waals surface area contributed by atoms with E-state index in [0.717, 1.165) is 25.9 Å². The van der Waals surface area contributed by atoms with E-state index in [4.69, 9.17) is 0 Å². The van der Waals surface area contributed by atoms with Crippen LogP contribution < -0.4 is 16.0 Å². The Morgan fingerprint density at radius 3 is 2.90 bits per heavy atom. The number of rotatable bonds is 5. The van der Waals surface area contributed by atoms with Crippen LogP contribution in [0, 0.1) is 5.82 Å². The summed E-state index contributed by atoms with van der Waals surface area (Å²) < 4.78 is 13.0. The number of amides is 2. The molecule has 21 heavy (non-hydrogen) atoms. The predicted molar refractivity (Wildman–Crippen MR) is 77.1 cm³/mol. The fraction of sp³-hybridized carbons (Fsp3) is 0.467. The summed E-state index contributed by atoms with van der Waals surface area (Å²) in [6.07, 6.45) is 2.06. The summed E-state index contributed by atoms with van der Waals surface area (Å²) in [6.45, 7) is 1.70. The van der Waals surface area contributed by atoms with Gasteiger partial charge >= 0.3 is 0 Å². The highest BCUT2D eigenvalue weighted by molar-refractivity contribution is 5.85. The molecule has 2 amide bonds. The van der Waals surface area contributed by atoms with Crippen molar-refractivity contribution < 1.29 is 14.0 Å². The molecule has 0 bridgehead atoms. The third-order valence-corrected chi connectivity index (χ3v) is 3.36. The minimum Gasteiger partial charge on any atom is -0.351 e. The molecule has 1 saturated heterocycles. The number of hydrogen-bond acceptors (Lipinski definition) is 3. The zero-order chi connectivity index (χ0) is 15.1. The van der Waals surface area contributed by atoms with Crippen LogP contribution in [0.4, 0.5) is 4.39 Å². The van der Waals surface area contributed by atoms with Crippen molar-refractivity contribution in [1.82, 2.24) is 16.0 Å². The second kappa shape index (κ2) is 7.73. The molecule has 0 saturated carbocycles. The first-order valence-electron chi connectivity index (χ1n) is 7.15. The first-order chi connectivity index (χ1) is 10.1. The van der Waals surface area contributed by atoms with Crippen molar-refractivity contribution in [1.29, 1.82) is 0 Å². The van der Waals surface area contributed by atoms with Crippen molar-refractivity contribution in [2.24, 2.45) is 0 Å². The summed E-state index contributed by atoms with van der Waals surface area (Å²) >= 11 is 0. The maximum atomic E-state index is 13.0. The van der Waals surface area contributed by atoms with Crippen LogP contribution >= 0.6 is 0 Å². The van der Waals surface area contributed by atoms with Gasteiger partial charge in [-0.3, -0.25) is 9.59 Å². The Bertz CT molecular complexity index is 501. The third-order valence-electron chi connectivity index (χ3n) is 3.36. The Morgan fingerprint density at radius 2 is 2.19 bits per heavy atom. The molecule has 0 radical (unpaired) electrons. The lowest BCUT2D eigenvalue weighted by atomic mass is 10.1. The zero-order valence-corrected chi connectivity index (χ0v) is 11.8. The van der Waals surface area contributed by atoms with E-state index in [1.165, 1.54) is 12.1 Å². The van der Waals surface area contributed by atoms with Gasteiger partial charge in [-0.2, -0.15) is 0 Å². The van der Waals surface area contributed by atoms with Gasteiger partial charge in [0.2, 0.25) is 11.8 Å². The SMILES string of the molecule is O=C(Cc1cccc(F)c1)NCC(=O)N[C@H]1CCCNC1. The Labute approximate surface area is 123 Å². The van der Waals surface area contributed by atoms with Gasteiger partial charge in [0.15, 0.2) is 0 Å². The van der Waals surface area contributed by atoms with Crippen LogP contribution in [-0.2, 0) is 16.0 Å². The molecule has 1 aliphatic heterocycles. The quantitative estimate of drug-likeness (QED) is 0.734.